The van der Waals surface area contributed by atoms with Gasteiger partial charge >= 0.3 is 6.18 Å². The third kappa shape index (κ3) is 4.44. The number of hydrogen-bond acceptors (Lipinski definition) is 1. The Balaban J connectivity index is 1.99. The lowest BCUT2D eigenvalue weighted by molar-refractivity contribution is -0.140. The van der Waals surface area contributed by atoms with E-state index in [-0.39, 0.29) is 6.54 Å². The van der Waals surface area contributed by atoms with Crippen molar-refractivity contribution >= 4 is 11.6 Å². The molecule has 2 aromatic carbocycles. The Morgan fingerprint density at radius 1 is 0.905 bits per heavy atom. The summed E-state index contributed by atoms with van der Waals surface area (Å²) in [6.45, 7) is 0.696. The minimum atomic E-state index is -4.68. The normalized spacial score (nSPS) is 11.7. The zero-order valence-corrected chi connectivity index (χ0v) is 11.6. The number of benzene rings is 2. The van der Waals surface area contributed by atoms with E-state index in [1.165, 1.54) is 6.07 Å². The van der Waals surface area contributed by atoms with Crippen LogP contribution in [0.25, 0.3) is 0 Å². The van der Waals surface area contributed by atoms with Gasteiger partial charge in [0, 0.05) is 18.1 Å². The minimum absolute atomic E-state index is 0.214. The van der Waals surface area contributed by atoms with E-state index in [0.717, 1.165) is 17.7 Å². The van der Waals surface area contributed by atoms with Gasteiger partial charge in [-0.25, -0.2) is 4.39 Å². The van der Waals surface area contributed by atoms with Gasteiger partial charge in [0.25, 0.3) is 0 Å². The Hall–Kier alpha value is -1.59. The summed E-state index contributed by atoms with van der Waals surface area (Å²) in [4.78, 5) is 0. The average Bonchev–Trinajstić information content (AvgIpc) is 2.41. The molecule has 1 nitrogen and oxygen atoms in total. The molecule has 0 aromatic heterocycles. The van der Waals surface area contributed by atoms with Crippen molar-refractivity contribution in [2.45, 2.75) is 19.3 Å². The topological polar surface area (TPSA) is 12.0 Å². The summed E-state index contributed by atoms with van der Waals surface area (Å²) in [6, 6.07) is 10.1. The second-order valence-electron chi connectivity index (χ2n) is 4.54. The van der Waals surface area contributed by atoms with Gasteiger partial charge in [0.15, 0.2) is 0 Å². The molecule has 0 aliphatic rings. The first-order valence-corrected chi connectivity index (χ1v) is 6.55. The number of alkyl halides is 3. The van der Waals surface area contributed by atoms with Crippen molar-refractivity contribution in [3.63, 3.8) is 0 Å². The van der Waals surface area contributed by atoms with E-state index >= 15 is 0 Å². The molecule has 21 heavy (non-hydrogen) atoms. The molecule has 0 fully saturated rings. The Labute approximate surface area is 124 Å². The third-order valence-electron chi connectivity index (χ3n) is 2.91. The van der Waals surface area contributed by atoms with Gasteiger partial charge in [-0.05, 0) is 35.4 Å². The van der Waals surface area contributed by atoms with Crippen LogP contribution in [0.4, 0.5) is 17.6 Å². The molecule has 0 unspecified atom stereocenters. The molecule has 0 bridgehead atoms. The molecule has 2 rings (SSSR count). The quantitative estimate of drug-likeness (QED) is 0.800. The van der Waals surface area contributed by atoms with Crippen molar-refractivity contribution < 1.29 is 17.6 Å². The van der Waals surface area contributed by atoms with E-state index in [2.05, 4.69) is 5.32 Å². The molecule has 0 spiro atoms. The van der Waals surface area contributed by atoms with Crippen molar-refractivity contribution in [3.8, 4) is 0 Å². The van der Waals surface area contributed by atoms with Gasteiger partial charge in [-0.2, -0.15) is 13.2 Å². The lowest BCUT2D eigenvalue weighted by Crippen LogP contribution is -2.14. The van der Waals surface area contributed by atoms with Crippen LogP contribution in [0.3, 0.4) is 0 Å². The van der Waals surface area contributed by atoms with Crippen LogP contribution < -0.4 is 5.32 Å². The molecule has 0 saturated carbocycles. The standard InChI is InChI=1S/C15H12ClF4N/c16-12-4-1-10(2-5-12)8-21-9-11-3-6-14(17)13(7-11)15(18,19)20/h1-7,21H,8-9H2. The molecular weight excluding hydrogens is 306 g/mol. The highest BCUT2D eigenvalue weighted by atomic mass is 35.5. The first kappa shape index (κ1) is 15.8. The molecule has 0 saturated heterocycles. The number of nitrogens with one attached hydrogen (secondary N) is 1. The molecule has 1 N–H and O–H groups in total. The Morgan fingerprint density at radius 2 is 1.48 bits per heavy atom. The van der Waals surface area contributed by atoms with Crippen LogP contribution in [0.1, 0.15) is 16.7 Å². The fraction of sp³-hybridized carbons (Fsp3) is 0.200. The van der Waals surface area contributed by atoms with Crippen LogP contribution in [0.5, 0.6) is 0 Å². The molecule has 0 atom stereocenters. The lowest BCUT2D eigenvalue weighted by atomic mass is 10.1. The fourth-order valence-corrected chi connectivity index (χ4v) is 1.98. The van der Waals surface area contributed by atoms with Crippen LogP contribution in [-0.2, 0) is 19.3 Å². The Morgan fingerprint density at radius 3 is 2.10 bits per heavy atom. The maximum Gasteiger partial charge on any atom is 0.419 e. The summed E-state index contributed by atoms with van der Waals surface area (Å²) in [5.41, 5.74) is 0.0866. The highest BCUT2D eigenvalue weighted by Crippen LogP contribution is 2.31. The van der Waals surface area contributed by atoms with E-state index < -0.39 is 17.6 Å². The van der Waals surface area contributed by atoms with Gasteiger partial charge in [0.2, 0.25) is 0 Å². The summed E-state index contributed by atoms with van der Waals surface area (Å²) in [6.07, 6.45) is -4.68. The Bertz CT molecular complexity index is 608. The number of rotatable bonds is 4. The zero-order chi connectivity index (χ0) is 15.5. The van der Waals surface area contributed by atoms with Gasteiger partial charge in [-0.15, -0.1) is 0 Å². The highest BCUT2D eigenvalue weighted by molar-refractivity contribution is 6.30. The van der Waals surface area contributed by atoms with E-state index in [0.29, 0.717) is 17.1 Å². The molecule has 0 aliphatic heterocycles. The van der Waals surface area contributed by atoms with Crippen LogP contribution in [0, 0.1) is 5.82 Å². The summed E-state index contributed by atoms with van der Waals surface area (Å²) in [7, 11) is 0. The maximum atomic E-state index is 13.1. The van der Waals surface area contributed by atoms with Crippen LogP contribution in [-0.4, -0.2) is 0 Å². The highest BCUT2D eigenvalue weighted by Gasteiger charge is 2.34. The van der Waals surface area contributed by atoms with Gasteiger partial charge in [-0.3, -0.25) is 0 Å². The van der Waals surface area contributed by atoms with Gasteiger partial charge in [-0.1, -0.05) is 29.8 Å². The second-order valence-corrected chi connectivity index (χ2v) is 4.98. The zero-order valence-electron chi connectivity index (χ0n) is 10.8. The van der Waals surface area contributed by atoms with Gasteiger partial charge in [0.1, 0.15) is 5.82 Å². The van der Waals surface area contributed by atoms with E-state index in [9.17, 15) is 17.6 Å². The smallest absolute Gasteiger partial charge is 0.309 e. The largest absolute Gasteiger partial charge is 0.419 e. The SMILES string of the molecule is Fc1ccc(CNCc2ccc(Cl)cc2)cc1C(F)(F)F. The van der Waals surface area contributed by atoms with Crippen LogP contribution in [0.15, 0.2) is 42.5 Å². The van der Waals surface area contributed by atoms with Gasteiger partial charge in [0.05, 0.1) is 5.56 Å². The Kier molecular flexibility index (Phi) is 4.85. The van der Waals surface area contributed by atoms with E-state index in [4.69, 9.17) is 11.6 Å². The van der Waals surface area contributed by atoms with Gasteiger partial charge < -0.3 is 5.32 Å². The molecule has 6 heteroatoms. The molecule has 0 heterocycles. The van der Waals surface area contributed by atoms with Crippen molar-refractivity contribution in [2.24, 2.45) is 0 Å². The van der Waals surface area contributed by atoms with Crippen molar-refractivity contribution in [1.29, 1.82) is 0 Å². The average molecular weight is 318 g/mol. The lowest BCUT2D eigenvalue weighted by Gasteiger charge is -2.11. The summed E-state index contributed by atoms with van der Waals surface area (Å²) >= 11 is 5.75. The maximum absolute atomic E-state index is 13.1. The van der Waals surface area contributed by atoms with E-state index in [1.807, 2.05) is 12.1 Å². The van der Waals surface area contributed by atoms with Crippen molar-refractivity contribution in [1.82, 2.24) is 5.32 Å². The summed E-state index contributed by atoms with van der Waals surface area (Å²) in [5, 5.41) is 3.62. The van der Waals surface area contributed by atoms with Crippen molar-refractivity contribution in [3.05, 3.63) is 70.0 Å². The first-order chi connectivity index (χ1) is 9.86. The molecule has 0 radical (unpaired) electrons. The van der Waals surface area contributed by atoms with Crippen LogP contribution in [0.2, 0.25) is 5.02 Å². The molecular formula is C15H12ClF4N. The summed E-state index contributed by atoms with van der Waals surface area (Å²) < 4.78 is 50.9. The third-order valence-corrected chi connectivity index (χ3v) is 3.16. The number of halogens is 5. The summed E-state index contributed by atoms with van der Waals surface area (Å²) in [5.74, 6) is -1.26. The number of hydrogen-bond donors (Lipinski definition) is 1. The fourth-order valence-electron chi connectivity index (χ4n) is 1.85. The monoisotopic (exact) mass is 317 g/mol. The second kappa shape index (κ2) is 6.45. The predicted molar refractivity (Wildman–Crippen MR) is 73.4 cm³/mol. The first-order valence-electron chi connectivity index (χ1n) is 6.17. The molecule has 0 aliphatic carbocycles. The predicted octanol–water partition coefficient (Wildman–Crippen LogP) is 4.79. The molecule has 0 amide bonds. The molecule has 2 aromatic rings. The van der Waals surface area contributed by atoms with E-state index in [1.54, 1.807) is 12.1 Å². The minimum Gasteiger partial charge on any atom is -0.309 e. The molecule has 112 valence electrons. The van der Waals surface area contributed by atoms with Crippen LogP contribution >= 0.6 is 11.6 Å². The van der Waals surface area contributed by atoms with Crippen molar-refractivity contribution in [2.75, 3.05) is 0 Å².